The van der Waals surface area contributed by atoms with E-state index in [1.807, 2.05) is 26.0 Å². The summed E-state index contributed by atoms with van der Waals surface area (Å²) in [7, 11) is 0. The summed E-state index contributed by atoms with van der Waals surface area (Å²) in [6.45, 7) is 6.34. The fourth-order valence-electron chi connectivity index (χ4n) is 3.01. The Labute approximate surface area is 122 Å². The quantitative estimate of drug-likeness (QED) is 0.782. The standard InChI is InChI=1S/C17H28N2O/c1-4-13-6-5-7-14(10-13)19-15-8-9-16(18)17(11-15)20-12(2)3/h8-9,11-14,19H,4-7,10,18H2,1-3H3. The molecule has 3 nitrogen and oxygen atoms in total. The van der Waals surface area contributed by atoms with Crippen LogP contribution < -0.4 is 15.8 Å². The first-order valence-electron chi connectivity index (χ1n) is 7.91. The Morgan fingerprint density at radius 2 is 2.15 bits per heavy atom. The van der Waals surface area contributed by atoms with Crippen LogP contribution in [-0.4, -0.2) is 12.1 Å². The summed E-state index contributed by atoms with van der Waals surface area (Å²) in [4.78, 5) is 0. The predicted octanol–water partition coefficient (Wildman–Crippen LogP) is 4.44. The van der Waals surface area contributed by atoms with E-state index in [1.165, 1.54) is 32.1 Å². The number of rotatable bonds is 5. The molecule has 1 aromatic carbocycles. The molecule has 0 aromatic heterocycles. The molecule has 2 rings (SSSR count). The zero-order valence-electron chi connectivity index (χ0n) is 13.0. The van der Waals surface area contributed by atoms with Gasteiger partial charge >= 0.3 is 0 Å². The van der Waals surface area contributed by atoms with Gasteiger partial charge in [0, 0.05) is 17.8 Å². The summed E-state index contributed by atoms with van der Waals surface area (Å²) < 4.78 is 5.75. The third-order valence-corrected chi connectivity index (χ3v) is 4.11. The number of nitrogens with one attached hydrogen (secondary N) is 1. The molecule has 112 valence electrons. The van der Waals surface area contributed by atoms with Crippen molar-refractivity contribution in [2.75, 3.05) is 11.1 Å². The highest BCUT2D eigenvalue weighted by Gasteiger charge is 2.20. The molecule has 0 aliphatic heterocycles. The minimum absolute atomic E-state index is 0.145. The average molecular weight is 276 g/mol. The van der Waals surface area contributed by atoms with Crippen molar-refractivity contribution in [1.82, 2.24) is 0 Å². The van der Waals surface area contributed by atoms with E-state index in [0.717, 1.165) is 17.4 Å². The topological polar surface area (TPSA) is 47.3 Å². The van der Waals surface area contributed by atoms with Crippen molar-refractivity contribution < 1.29 is 4.74 Å². The molecule has 0 saturated heterocycles. The Balaban J connectivity index is 2.02. The third kappa shape index (κ3) is 4.06. The van der Waals surface area contributed by atoms with Crippen LogP contribution in [0, 0.1) is 5.92 Å². The van der Waals surface area contributed by atoms with Gasteiger partial charge in [0.1, 0.15) is 5.75 Å². The molecule has 0 radical (unpaired) electrons. The molecule has 1 fully saturated rings. The van der Waals surface area contributed by atoms with Crippen LogP contribution in [0.25, 0.3) is 0 Å². The van der Waals surface area contributed by atoms with Crippen LogP contribution in [-0.2, 0) is 0 Å². The van der Waals surface area contributed by atoms with Crippen molar-refractivity contribution in [3.8, 4) is 5.75 Å². The van der Waals surface area contributed by atoms with Gasteiger partial charge in [-0.3, -0.25) is 0 Å². The van der Waals surface area contributed by atoms with Crippen molar-refractivity contribution in [3.63, 3.8) is 0 Å². The Morgan fingerprint density at radius 3 is 2.85 bits per heavy atom. The largest absolute Gasteiger partial charge is 0.489 e. The fraction of sp³-hybridized carbons (Fsp3) is 0.647. The van der Waals surface area contributed by atoms with E-state index in [1.54, 1.807) is 0 Å². The molecule has 1 aromatic rings. The molecule has 0 amide bonds. The lowest BCUT2D eigenvalue weighted by Crippen LogP contribution is -2.27. The van der Waals surface area contributed by atoms with Crippen LogP contribution in [0.1, 0.15) is 52.9 Å². The predicted molar refractivity (Wildman–Crippen MR) is 86.3 cm³/mol. The number of nitrogens with two attached hydrogens (primary N) is 1. The molecule has 0 heterocycles. The molecule has 2 unspecified atom stereocenters. The van der Waals surface area contributed by atoms with Gasteiger partial charge in [0.05, 0.1) is 11.8 Å². The van der Waals surface area contributed by atoms with Crippen LogP contribution in [0.2, 0.25) is 0 Å². The maximum absolute atomic E-state index is 5.96. The summed E-state index contributed by atoms with van der Waals surface area (Å²) in [5, 5.41) is 3.65. The summed E-state index contributed by atoms with van der Waals surface area (Å²) in [5.74, 6) is 1.66. The van der Waals surface area contributed by atoms with Crippen molar-refractivity contribution in [2.45, 2.75) is 65.0 Å². The zero-order valence-corrected chi connectivity index (χ0v) is 13.0. The van der Waals surface area contributed by atoms with Crippen molar-refractivity contribution >= 4 is 11.4 Å². The molecule has 20 heavy (non-hydrogen) atoms. The van der Waals surface area contributed by atoms with E-state index < -0.39 is 0 Å². The number of hydrogen-bond acceptors (Lipinski definition) is 3. The second kappa shape index (κ2) is 6.87. The maximum atomic E-state index is 5.96. The summed E-state index contributed by atoms with van der Waals surface area (Å²) >= 11 is 0. The molecule has 0 bridgehead atoms. The van der Waals surface area contributed by atoms with Gasteiger partial charge in [0.15, 0.2) is 0 Å². The second-order valence-electron chi connectivity index (χ2n) is 6.20. The molecule has 1 aliphatic carbocycles. The molecule has 3 heteroatoms. The molecule has 0 spiro atoms. The smallest absolute Gasteiger partial charge is 0.144 e. The summed E-state index contributed by atoms with van der Waals surface area (Å²) in [6, 6.07) is 6.60. The first kappa shape index (κ1) is 15.0. The molecule has 2 atom stereocenters. The Morgan fingerprint density at radius 1 is 1.35 bits per heavy atom. The molecular weight excluding hydrogens is 248 g/mol. The first-order chi connectivity index (χ1) is 9.58. The maximum Gasteiger partial charge on any atom is 0.144 e. The number of hydrogen-bond donors (Lipinski definition) is 2. The van der Waals surface area contributed by atoms with Gasteiger partial charge in [-0.25, -0.2) is 0 Å². The highest BCUT2D eigenvalue weighted by Crippen LogP contribution is 2.31. The van der Waals surface area contributed by atoms with Crippen LogP contribution in [0.3, 0.4) is 0 Å². The van der Waals surface area contributed by atoms with Crippen molar-refractivity contribution in [3.05, 3.63) is 18.2 Å². The summed E-state index contributed by atoms with van der Waals surface area (Å²) in [5.41, 5.74) is 7.79. The zero-order chi connectivity index (χ0) is 14.5. The van der Waals surface area contributed by atoms with Gasteiger partial charge in [-0.1, -0.05) is 26.2 Å². The molecule has 1 saturated carbocycles. The van der Waals surface area contributed by atoms with Crippen molar-refractivity contribution in [1.29, 1.82) is 0 Å². The van der Waals surface area contributed by atoms with E-state index in [4.69, 9.17) is 10.5 Å². The van der Waals surface area contributed by atoms with Gasteiger partial charge in [-0.05, 0) is 44.7 Å². The summed E-state index contributed by atoms with van der Waals surface area (Å²) in [6.07, 6.45) is 6.70. The number of anilines is 2. The number of benzene rings is 1. The van der Waals surface area contributed by atoms with Crippen LogP contribution in [0.5, 0.6) is 5.75 Å². The minimum atomic E-state index is 0.145. The Kier molecular flexibility index (Phi) is 5.16. The third-order valence-electron chi connectivity index (χ3n) is 4.11. The molecule has 3 N–H and O–H groups in total. The van der Waals surface area contributed by atoms with Crippen LogP contribution >= 0.6 is 0 Å². The fourth-order valence-corrected chi connectivity index (χ4v) is 3.01. The Bertz CT molecular complexity index is 431. The van der Waals surface area contributed by atoms with Gasteiger partial charge < -0.3 is 15.8 Å². The lowest BCUT2D eigenvalue weighted by Gasteiger charge is -2.30. The van der Waals surface area contributed by atoms with Gasteiger partial charge in [0.25, 0.3) is 0 Å². The number of nitrogen functional groups attached to an aromatic ring is 1. The monoisotopic (exact) mass is 276 g/mol. The molecule has 1 aliphatic rings. The van der Waals surface area contributed by atoms with E-state index >= 15 is 0 Å². The first-order valence-corrected chi connectivity index (χ1v) is 7.91. The molecular formula is C17H28N2O. The van der Waals surface area contributed by atoms with E-state index in [-0.39, 0.29) is 6.10 Å². The van der Waals surface area contributed by atoms with E-state index in [0.29, 0.717) is 11.7 Å². The number of ether oxygens (including phenoxy) is 1. The highest BCUT2D eigenvalue weighted by molar-refractivity contribution is 5.61. The average Bonchev–Trinajstić information content (AvgIpc) is 2.42. The second-order valence-corrected chi connectivity index (χ2v) is 6.20. The van der Waals surface area contributed by atoms with Crippen LogP contribution in [0.15, 0.2) is 18.2 Å². The normalized spacial score (nSPS) is 22.8. The lowest BCUT2D eigenvalue weighted by molar-refractivity contribution is 0.244. The highest BCUT2D eigenvalue weighted by atomic mass is 16.5. The minimum Gasteiger partial charge on any atom is -0.489 e. The lowest BCUT2D eigenvalue weighted by atomic mass is 9.84. The van der Waals surface area contributed by atoms with Gasteiger partial charge in [-0.15, -0.1) is 0 Å². The van der Waals surface area contributed by atoms with Gasteiger partial charge in [0.2, 0.25) is 0 Å². The van der Waals surface area contributed by atoms with Gasteiger partial charge in [-0.2, -0.15) is 0 Å². The Hall–Kier alpha value is -1.38. The van der Waals surface area contributed by atoms with Crippen LogP contribution in [0.4, 0.5) is 11.4 Å². The van der Waals surface area contributed by atoms with E-state index in [9.17, 15) is 0 Å². The van der Waals surface area contributed by atoms with Crippen molar-refractivity contribution in [2.24, 2.45) is 5.92 Å². The SMILES string of the molecule is CCC1CCCC(Nc2ccc(N)c(OC(C)C)c2)C1. The van der Waals surface area contributed by atoms with E-state index in [2.05, 4.69) is 18.3 Å².